The molecule has 0 aliphatic rings. The van der Waals surface area contributed by atoms with Gasteiger partial charge in [-0.05, 0) is 155 Å². The van der Waals surface area contributed by atoms with Gasteiger partial charge in [0.2, 0.25) is 0 Å². The Morgan fingerprint density at radius 3 is 0.490 bits per heavy atom. The average Bonchev–Trinajstić information content (AvgIpc) is 0.831. The first-order chi connectivity index (χ1) is 70.3. The van der Waals surface area contributed by atoms with Gasteiger partial charge in [-0.15, -0.1) is 0 Å². The predicted octanol–water partition coefficient (Wildman–Crippen LogP) is 32.7. The predicted molar refractivity (Wildman–Crippen MR) is 593 cm³/mol. The highest BCUT2D eigenvalue weighted by atomic mass is 16.5. The van der Waals surface area contributed by atoms with E-state index < -0.39 is 0 Å². The number of nitrogens with one attached hydrogen (secondary N) is 2. The molecule has 0 aliphatic carbocycles. The highest BCUT2D eigenvalue weighted by molar-refractivity contribution is 5.98. The number of rotatable bonds is 97. The van der Waals surface area contributed by atoms with E-state index in [0.717, 1.165) is 238 Å². The van der Waals surface area contributed by atoms with E-state index in [1.807, 2.05) is 30.3 Å². The van der Waals surface area contributed by atoms with Crippen molar-refractivity contribution in [1.82, 2.24) is 25.3 Å². The normalized spacial score (nSPS) is 11.2. The molecule has 810 valence electrons. The summed E-state index contributed by atoms with van der Waals surface area (Å²) in [4.78, 5) is 83.6. The number of carbonyl (C=O) groups excluding carboxylic acids is 5. The van der Waals surface area contributed by atoms with Crippen molar-refractivity contribution >= 4 is 29.5 Å². The van der Waals surface area contributed by atoms with Crippen LogP contribution < -0.4 is 58.0 Å². The van der Waals surface area contributed by atoms with Crippen molar-refractivity contribution < 1.29 is 71.3 Å². The summed E-state index contributed by atoms with van der Waals surface area (Å²) < 4.78 is 65.8. The maximum atomic E-state index is 16.4. The molecule has 20 heteroatoms. The topological polar surface area (TPSA) is 211 Å². The highest BCUT2D eigenvalue weighted by Gasteiger charge is 2.28. The van der Waals surface area contributed by atoms with E-state index in [4.69, 9.17) is 47.4 Å². The number of hydrogen-bond donors (Lipinski definition) is 2. The number of ether oxygens (including phenoxy) is 10. The maximum absolute atomic E-state index is 16.4. The van der Waals surface area contributed by atoms with Gasteiger partial charge < -0.3 is 72.7 Å². The Morgan fingerprint density at radius 2 is 0.315 bits per heavy atom. The van der Waals surface area contributed by atoms with Crippen LogP contribution in [-0.2, 0) is 0 Å². The van der Waals surface area contributed by atoms with Crippen LogP contribution in [0.4, 0.5) is 0 Å². The third-order valence-corrected chi connectivity index (χ3v) is 27.0. The summed E-state index contributed by atoms with van der Waals surface area (Å²) in [6.45, 7) is 27.2. The fraction of sp³-hybridized carbons (Fsp3) is 0.715. The van der Waals surface area contributed by atoms with Gasteiger partial charge in [0, 0.05) is 80.2 Å². The van der Waals surface area contributed by atoms with Crippen LogP contribution in [0.3, 0.4) is 0 Å². The van der Waals surface area contributed by atoms with Crippen molar-refractivity contribution in [1.29, 1.82) is 0 Å². The molecule has 0 bridgehead atoms. The molecule has 0 fully saturated rings. The minimum Gasteiger partial charge on any atom is -0.490 e. The summed E-state index contributed by atoms with van der Waals surface area (Å²) in [7, 11) is 0. The van der Waals surface area contributed by atoms with Crippen LogP contribution in [0.2, 0.25) is 0 Å². The van der Waals surface area contributed by atoms with Gasteiger partial charge >= 0.3 is 0 Å². The van der Waals surface area contributed by atoms with E-state index in [1.165, 1.54) is 148 Å². The number of benzene rings is 5. The average molecular weight is 1990 g/mol. The second kappa shape index (κ2) is 85.5. The number of unbranched alkanes of at least 4 members (excludes halogenated alkanes) is 50. The molecule has 0 aromatic heterocycles. The smallest absolute Gasteiger partial charge is 0.254 e. The maximum Gasteiger partial charge on any atom is 0.254 e. The summed E-state index contributed by atoms with van der Waals surface area (Å²) in [6.07, 6.45) is 65.9. The quantitative estimate of drug-likeness (QED) is 0.0347. The summed E-state index contributed by atoms with van der Waals surface area (Å²) >= 11 is 0. The van der Waals surface area contributed by atoms with E-state index in [2.05, 4.69) is 79.9 Å². The molecule has 0 atom stereocenters. The Balaban J connectivity index is 1.71. The zero-order chi connectivity index (χ0) is 103. The standard InChI is InChI=1S/C123H203N5O15/c1-11-21-31-41-51-61-89-134-109-76-71-104(99-114(109)139-94-66-56-46-36-26-16-6)119(129)124-81-83-126(121(131)106-73-78-111(136-91-63-53-43-33-23-13-3)116(101-106)141-96-68-58-48-38-28-18-8)85-87-128(123(133)108-75-80-113(138-93-65-55-45-35-25-15-5)118(103-108)143-98-70-60-50-40-30-20-10)88-86-127(122(132)107-74-79-112(137-92-64-54-44-34-24-14-4)117(102-107)142-97-69-59-49-39-29-19-9)84-82-125-120(130)105-72-77-110(135-90-62-52-42-32-22-12-2)115(100-105)140-95-67-57-47-37-27-17-7/h71-80,99-103H,11-70,81-98H2,1-10H3,(H,124,129)(H,125,130). The van der Waals surface area contributed by atoms with Crippen LogP contribution in [0.1, 0.15) is 506 Å². The molecule has 0 spiro atoms. The lowest BCUT2D eigenvalue weighted by Crippen LogP contribution is -2.47. The van der Waals surface area contributed by atoms with E-state index in [0.29, 0.717) is 151 Å². The Labute approximate surface area is 870 Å². The van der Waals surface area contributed by atoms with Crippen LogP contribution >= 0.6 is 0 Å². The first kappa shape index (κ1) is 125. The SMILES string of the molecule is CCCCCCCCOc1ccc(C(=O)NCCN(CCN(CCN(CCNC(=O)c2ccc(OCCCCCCCC)c(OCCCCCCCC)c2)C(=O)c2ccc(OCCCCCCCC)c(OCCCCCCCC)c2)C(=O)c2ccc(OCCCCCCCC)c(OCCCCCCCC)c2)C(=O)c2ccc(OCCCCCCCC)c(OCCCCCCCC)c2)cc1OCCCCCCCC. The van der Waals surface area contributed by atoms with Gasteiger partial charge in [-0.3, -0.25) is 24.0 Å². The summed E-state index contributed by atoms with van der Waals surface area (Å²) in [5.74, 6) is 3.62. The van der Waals surface area contributed by atoms with E-state index in [-0.39, 0.29) is 81.9 Å². The van der Waals surface area contributed by atoms with Gasteiger partial charge in [-0.25, -0.2) is 0 Å². The zero-order valence-corrected chi connectivity index (χ0v) is 92.3. The molecular weight excluding hydrogens is 1790 g/mol. The van der Waals surface area contributed by atoms with Crippen LogP contribution in [0.25, 0.3) is 0 Å². The fourth-order valence-electron chi connectivity index (χ4n) is 17.8. The summed E-state index contributed by atoms with van der Waals surface area (Å²) in [5, 5.41) is 6.39. The summed E-state index contributed by atoms with van der Waals surface area (Å²) in [5.41, 5.74) is 1.82. The number of nitrogens with zero attached hydrogens (tertiary/aromatic N) is 3. The van der Waals surface area contributed by atoms with Gasteiger partial charge in [-0.2, -0.15) is 0 Å². The lowest BCUT2D eigenvalue weighted by atomic mass is 10.1. The van der Waals surface area contributed by atoms with Crippen LogP contribution in [-0.4, -0.2) is 163 Å². The van der Waals surface area contributed by atoms with Gasteiger partial charge in [0.05, 0.1) is 66.1 Å². The molecule has 143 heavy (non-hydrogen) atoms. The second-order valence-corrected chi connectivity index (χ2v) is 39.9. The van der Waals surface area contributed by atoms with Gasteiger partial charge in [-0.1, -0.05) is 390 Å². The highest BCUT2D eigenvalue weighted by Crippen LogP contribution is 2.37. The van der Waals surface area contributed by atoms with Crippen molar-refractivity contribution in [3.63, 3.8) is 0 Å². The molecule has 5 aromatic carbocycles. The largest absolute Gasteiger partial charge is 0.490 e. The Kier molecular flexibility index (Phi) is 74.7. The van der Waals surface area contributed by atoms with E-state index >= 15 is 14.4 Å². The van der Waals surface area contributed by atoms with Crippen molar-refractivity contribution in [3.8, 4) is 57.5 Å². The molecule has 2 N–H and O–H groups in total. The van der Waals surface area contributed by atoms with Gasteiger partial charge in [0.1, 0.15) is 0 Å². The van der Waals surface area contributed by atoms with Crippen molar-refractivity contribution in [2.75, 3.05) is 118 Å². The third-order valence-electron chi connectivity index (χ3n) is 27.0. The molecule has 5 amide bonds. The van der Waals surface area contributed by atoms with Crippen molar-refractivity contribution in [2.24, 2.45) is 0 Å². The first-order valence-electron chi connectivity index (χ1n) is 58.7. The minimum atomic E-state index is -0.365. The van der Waals surface area contributed by atoms with Crippen LogP contribution in [0.15, 0.2) is 91.0 Å². The fourth-order valence-corrected chi connectivity index (χ4v) is 17.8. The monoisotopic (exact) mass is 1990 g/mol. The molecule has 0 saturated heterocycles. The molecule has 0 unspecified atom stereocenters. The van der Waals surface area contributed by atoms with Crippen molar-refractivity contribution in [3.05, 3.63) is 119 Å². The molecule has 5 rings (SSSR count). The number of carbonyl (C=O) groups is 5. The zero-order valence-electron chi connectivity index (χ0n) is 92.3. The van der Waals surface area contributed by atoms with Crippen LogP contribution in [0, 0.1) is 0 Å². The lowest BCUT2D eigenvalue weighted by molar-refractivity contribution is 0.0616. The number of hydrogen-bond acceptors (Lipinski definition) is 15. The molecule has 0 saturated carbocycles. The molecule has 0 aliphatic heterocycles. The Hall–Kier alpha value is -8.55. The molecule has 5 aromatic rings. The van der Waals surface area contributed by atoms with E-state index in [1.54, 1.807) is 75.4 Å². The first-order valence-corrected chi connectivity index (χ1v) is 58.7. The molecule has 0 heterocycles. The van der Waals surface area contributed by atoms with Gasteiger partial charge in [0.15, 0.2) is 57.5 Å². The third kappa shape index (κ3) is 57.4. The molecule has 20 nitrogen and oxygen atoms in total. The second-order valence-electron chi connectivity index (χ2n) is 39.9. The summed E-state index contributed by atoms with van der Waals surface area (Å²) in [6, 6.07) is 27.1. The van der Waals surface area contributed by atoms with E-state index in [9.17, 15) is 9.59 Å². The van der Waals surface area contributed by atoms with Crippen molar-refractivity contribution in [2.45, 2.75) is 454 Å². The minimum absolute atomic E-state index is 0.0103. The number of amides is 5. The lowest BCUT2D eigenvalue weighted by Gasteiger charge is -2.31. The van der Waals surface area contributed by atoms with Crippen LogP contribution in [0.5, 0.6) is 57.5 Å². The van der Waals surface area contributed by atoms with Gasteiger partial charge in [0.25, 0.3) is 29.5 Å². The Bertz CT molecular complexity index is 3820. The molecule has 0 radical (unpaired) electrons. The Morgan fingerprint density at radius 1 is 0.175 bits per heavy atom. The molecular formula is C123H203N5O15.